The molecule has 0 saturated carbocycles. The highest BCUT2D eigenvalue weighted by Gasteiger charge is 2.27. The van der Waals surface area contributed by atoms with Gasteiger partial charge in [-0.15, -0.1) is 0 Å². The fraction of sp³-hybridized carbons (Fsp3) is 0.875. The molecule has 74 valence electrons. The first-order valence-corrected chi connectivity index (χ1v) is 5.55. The van der Waals surface area contributed by atoms with Gasteiger partial charge in [-0.05, 0) is 7.05 Å². The Bertz CT molecular complexity index is 200. The number of thioether (sulfide) groups is 1. The average Bonchev–Trinajstić information content (AvgIpc) is 2.53. The molecule has 2 aliphatic rings. The van der Waals surface area contributed by atoms with E-state index in [1.165, 1.54) is 13.1 Å². The van der Waals surface area contributed by atoms with E-state index < -0.39 is 0 Å². The summed E-state index contributed by atoms with van der Waals surface area (Å²) in [5.41, 5.74) is 2.37. The number of hydrogen-bond donors (Lipinski definition) is 0. The molecule has 1 saturated heterocycles. The second-order valence-electron chi connectivity index (χ2n) is 3.60. The lowest BCUT2D eigenvalue weighted by atomic mass is 10.3. The molecule has 0 aromatic heterocycles. The van der Waals surface area contributed by atoms with Gasteiger partial charge in [0.15, 0.2) is 5.50 Å². The summed E-state index contributed by atoms with van der Waals surface area (Å²) in [5.74, 6) is 0. The number of nitrogens with zero attached hydrogens (tertiary/aromatic N) is 4. The average molecular weight is 200 g/mol. The zero-order valence-corrected chi connectivity index (χ0v) is 9.00. The molecule has 0 aliphatic carbocycles. The topological polar surface area (TPSA) is 22.1 Å². The number of hydrogen-bond acceptors (Lipinski definition) is 5. The van der Waals surface area contributed by atoms with Gasteiger partial charge in [0, 0.05) is 33.2 Å². The lowest BCUT2D eigenvalue weighted by Gasteiger charge is -2.37. The van der Waals surface area contributed by atoms with Crippen LogP contribution in [0.5, 0.6) is 0 Å². The van der Waals surface area contributed by atoms with Crippen LogP contribution in [-0.2, 0) is 0 Å². The summed E-state index contributed by atoms with van der Waals surface area (Å²) in [7, 11) is 4.22. The summed E-state index contributed by atoms with van der Waals surface area (Å²) in [6.45, 7) is 4.65. The highest BCUT2D eigenvalue weighted by Crippen LogP contribution is 2.23. The van der Waals surface area contributed by atoms with Gasteiger partial charge in [-0.3, -0.25) is 9.91 Å². The van der Waals surface area contributed by atoms with E-state index in [0.717, 1.165) is 13.1 Å². The number of likely N-dealkylation sites (N-methyl/N-ethyl adjacent to an activating group) is 1. The molecule has 2 aliphatic heterocycles. The SMILES string of the molecule is CN1CCN(C2SC=NN2C)CC1. The minimum Gasteiger partial charge on any atom is -0.304 e. The lowest BCUT2D eigenvalue weighted by molar-refractivity contribution is 0.0817. The zero-order valence-electron chi connectivity index (χ0n) is 8.18. The normalized spacial score (nSPS) is 31.5. The first-order valence-electron chi connectivity index (χ1n) is 4.61. The fourth-order valence-electron chi connectivity index (χ4n) is 1.67. The van der Waals surface area contributed by atoms with Gasteiger partial charge in [0.05, 0.1) is 5.55 Å². The van der Waals surface area contributed by atoms with Crippen molar-refractivity contribution in [3.8, 4) is 0 Å². The summed E-state index contributed by atoms with van der Waals surface area (Å²) in [4.78, 5) is 4.86. The van der Waals surface area contributed by atoms with Gasteiger partial charge in [-0.2, -0.15) is 5.10 Å². The van der Waals surface area contributed by atoms with Gasteiger partial charge in [-0.25, -0.2) is 0 Å². The third-order valence-electron chi connectivity index (χ3n) is 2.58. The molecule has 1 atom stereocenters. The highest BCUT2D eigenvalue weighted by atomic mass is 32.2. The maximum absolute atomic E-state index is 4.23. The van der Waals surface area contributed by atoms with Crippen LogP contribution >= 0.6 is 11.8 Å². The molecule has 0 N–H and O–H groups in total. The van der Waals surface area contributed by atoms with Crippen LogP contribution < -0.4 is 0 Å². The molecule has 0 aromatic carbocycles. The van der Waals surface area contributed by atoms with Crippen LogP contribution in [0.4, 0.5) is 0 Å². The second-order valence-corrected chi connectivity index (χ2v) is 4.50. The Labute approximate surface area is 83.6 Å². The molecule has 0 aromatic rings. The molecule has 2 heterocycles. The Balaban J connectivity index is 1.88. The van der Waals surface area contributed by atoms with E-state index in [4.69, 9.17) is 0 Å². The maximum Gasteiger partial charge on any atom is 0.151 e. The standard InChI is InChI=1S/C8H16N4S/c1-10-3-5-12(6-4-10)8-11(2)9-7-13-8/h7-8H,3-6H2,1-2H3. The van der Waals surface area contributed by atoms with Gasteiger partial charge >= 0.3 is 0 Å². The van der Waals surface area contributed by atoms with Crippen LogP contribution in [0.2, 0.25) is 0 Å². The Hall–Kier alpha value is -0.260. The van der Waals surface area contributed by atoms with Gasteiger partial charge in [0.2, 0.25) is 0 Å². The van der Waals surface area contributed by atoms with E-state index in [9.17, 15) is 0 Å². The van der Waals surface area contributed by atoms with Crippen molar-refractivity contribution in [1.82, 2.24) is 14.8 Å². The second kappa shape index (κ2) is 3.86. The van der Waals surface area contributed by atoms with Crippen LogP contribution in [0, 0.1) is 0 Å². The molecule has 1 fully saturated rings. The van der Waals surface area contributed by atoms with Crippen LogP contribution in [0.25, 0.3) is 0 Å². The maximum atomic E-state index is 4.23. The van der Waals surface area contributed by atoms with Crippen molar-refractivity contribution in [2.45, 2.75) is 5.50 Å². The van der Waals surface area contributed by atoms with Crippen LogP contribution in [0.1, 0.15) is 0 Å². The van der Waals surface area contributed by atoms with E-state index in [1.54, 1.807) is 11.8 Å². The minimum atomic E-state index is 0.439. The van der Waals surface area contributed by atoms with E-state index in [0.29, 0.717) is 5.50 Å². The van der Waals surface area contributed by atoms with E-state index >= 15 is 0 Å². The lowest BCUT2D eigenvalue weighted by Crippen LogP contribution is -2.50. The summed E-state index contributed by atoms with van der Waals surface area (Å²) < 4.78 is 0. The third-order valence-corrected chi connectivity index (χ3v) is 3.64. The van der Waals surface area contributed by atoms with Crippen LogP contribution in [0.3, 0.4) is 0 Å². The summed E-state index contributed by atoms with van der Waals surface area (Å²) in [6, 6.07) is 0. The van der Waals surface area contributed by atoms with Crippen molar-refractivity contribution < 1.29 is 0 Å². The molecule has 2 rings (SSSR count). The Morgan fingerprint density at radius 1 is 1.23 bits per heavy atom. The molecular weight excluding hydrogens is 184 g/mol. The predicted molar refractivity (Wildman–Crippen MR) is 56.7 cm³/mol. The van der Waals surface area contributed by atoms with Crippen molar-refractivity contribution in [3.05, 3.63) is 0 Å². The van der Waals surface area contributed by atoms with Crippen LogP contribution in [-0.4, -0.2) is 66.1 Å². The van der Waals surface area contributed by atoms with Crippen LogP contribution in [0.15, 0.2) is 5.10 Å². The molecule has 4 nitrogen and oxygen atoms in total. The Morgan fingerprint density at radius 3 is 2.46 bits per heavy atom. The van der Waals surface area contributed by atoms with Gasteiger partial charge in [0.1, 0.15) is 0 Å². The fourth-order valence-corrected chi connectivity index (χ4v) is 2.59. The molecule has 0 radical (unpaired) electrons. The third kappa shape index (κ3) is 1.98. The number of piperazine rings is 1. The smallest absolute Gasteiger partial charge is 0.151 e. The first-order chi connectivity index (χ1) is 6.27. The van der Waals surface area contributed by atoms with Crippen molar-refractivity contribution in [3.63, 3.8) is 0 Å². The summed E-state index contributed by atoms with van der Waals surface area (Å²) >= 11 is 1.80. The van der Waals surface area contributed by atoms with Gasteiger partial charge < -0.3 is 4.90 Å². The van der Waals surface area contributed by atoms with Gasteiger partial charge in [-0.1, -0.05) is 11.8 Å². The molecule has 5 heteroatoms. The molecule has 1 unspecified atom stereocenters. The van der Waals surface area contributed by atoms with E-state index in [1.807, 2.05) is 17.6 Å². The quantitative estimate of drug-likeness (QED) is 0.600. The highest BCUT2D eigenvalue weighted by molar-refractivity contribution is 8.12. The van der Waals surface area contributed by atoms with Crippen molar-refractivity contribution in [2.24, 2.45) is 5.10 Å². The Kier molecular flexibility index (Phi) is 2.76. The predicted octanol–water partition coefficient (Wildman–Crippen LogP) is 0.139. The van der Waals surface area contributed by atoms with E-state index in [2.05, 4.69) is 21.9 Å². The van der Waals surface area contributed by atoms with Crippen molar-refractivity contribution >= 4 is 17.3 Å². The number of hydrazone groups is 1. The zero-order chi connectivity index (χ0) is 9.26. The molecule has 0 bridgehead atoms. The first kappa shape index (κ1) is 9.30. The summed E-state index contributed by atoms with van der Waals surface area (Å²) in [5, 5.41) is 6.27. The molecule has 0 amide bonds. The Morgan fingerprint density at radius 2 is 1.92 bits per heavy atom. The number of rotatable bonds is 1. The van der Waals surface area contributed by atoms with Crippen molar-refractivity contribution in [1.29, 1.82) is 0 Å². The monoisotopic (exact) mass is 200 g/mol. The molecule has 13 heavy (non-hydrogen) atoms. The van der Waals surface area contributed by atoms with Crippen molar-refractivity contribution in [2.75, 3.05) is 40.3 Å². The van der Waals surface area contributed by atoms with Gasteiger partial charge in [0.25, 0.3) is 0 Å². The molecular formula is C8H16N4S. The molecule has 0 spiro atoms. The summed E-state index contributed by atoms with van der Waals surface area (Å²) in [6.07, 6.45) is 0. The van der Waals surface area contributed by atoms with E-state index in [-0.39, 0.29) is 0 Å². The minimum absolute atomic E-state index is 0.439. The largest absolute Gasteiger partial charge is 0.304 e.